The van der Waals surface area contributed by atoms with Crippen LogP contribution in [0.15, 0.2) is 182 Å². The van der Waals surface area contributed by atoms with Gasteiger partial charge >= 0.3 is 0 Å². The maximum atomic E-state index is 2.43. The van der Waals surface area contributed by atoms with E-state index in [0.29, 0.717) is 0 Å². The Morgan fingerprint density at radius 2 is 0.766 bits per heavy atom. The third-order valence-electron chi connectivity index (χ3n) is 9.43. The van der Waals surface area contributed by atoms with Gasteiger partial charge in [-0.25, -0.2) is 0 Å². The van der Waals surface area contributed by atoms with Gasteiger partial charge in [-0.15, -0.1) is 0 Å². The van der Waals surface area contributed by atoms with Crippen molar-refractivity contribution in [1.29, 1.82) is 0 Å². The molecular formula is C45H36N2. The second-order valence-electron chi connectivity index (χ2n) is 12.7. The van der Waals surface area contributed by atoms with Crippen molar-refractivity contribution in [2.24, 2.45) is 0 Å². The molecular weight excluding hydrogens is 569 g/mol. The fourth-order valence-electron chi connectivity index (χ4n) is 6.99. The molecule has 8 rings (SSSR count). The molecule has 0 saturated heterocycles. The highest BCUT2D eigenvalue weighted by Crippen LogP contribution is 2.53. The van der Waals surface area contributed by atoms with Crippen LogP contribution in [0.4, 0.5) is 34.1 Å². The number of para-hydroxylation sites is 3. The summed E-state index contributed by atoms with van der Waals surface area (Å²) in [5.74, 6) is 0. The lowest BCUT2D eigenvalue weighted by Crippen LogP contribution is -2.30. The second kappa shape index (κ2) is 11.8. The van der Waals surface area contributed by atoms with E-state index >= 15 is 0 Å². The molecule has 0 atom stereocenters. The molecule has 7 aromatic rings. The number of nitrogens with zero attached hydrogens (tertiary/aromatic N) is 2. The van der Waals surface area contributed by atoms with Crippen molar-refractivity contribution in [3.05, 3.63) is 193 Å². The van der Waals surface area contributed by atoms with Crippen LogP contribution in [0.25, 0.3) is 22.3 Å². The Balaban J connectivity index is 1.22. The highest BCUT2D eigenvalue weighted by atomic mass is 15.2. The summed E-state index contributed by atoms with van der Waals surface area (Å²) in [5.41, 5.74) is 14.3. The first kappa shape index (κ1) is 28.6. The Bertz CT molecular complexity index is 2100. The molecule has 0 amide bonds. The Kier molecular flexibility index (Phi) is 7.19. The van der Waals surface area contributed by atoms with Gasteiger partial charge in [0.05, 0.1) is 11.4 Å². The third kappa shape index (κ3) is 5.18. The second-order valence-corrected chi connectivity index (χ2v) is 12.7. The Morgan fingerprint density at radius 3 is 1.26 bits per heavy atom. The van der Waals surface area contributed by atoms with Crippen LogP contribution < -0.4 is 9.80 Å². The summed E-state index contributed by atoms with van der Waals surface area (Å²) in [4.78, 5) is 4.73. The molecule has 0 spiro atoms. The first-order chi connectivity index (χ1) is 23.1. The molecule has 1 aliphatic rings. The fraction of sp³-hybridized carbons (Fsp3) is 0.0667. The van der Waals surface area contributed by atoms with E-state index in [1.807, 2.05) is 0 Å². The van der Waals surface area contributed by atoms with E-state index in [1.165, 1.54) is 44.8 Å². The number of fused-ring (bicyclic) bond motifs is 2. The molecule has 1 aliphatic heterocycles. The van der Waals surface area contributed by atoms with Gasteiger partial charge < -0.3 is 9.80 Å². The molecule has 7 aromatic carbocycles. The van der Waals surface area contributed by atoms with Gasteiger partial charge in [-0.1, -0.05) is 123 Å². The zero-order valence-electron chi connectivity index (χ0n) is 26.7. The predicted octanol–water partition coefficient (Wildman–Crippen LogP) is 12.6. The number of rotatable bonds is 6. The van der Waals surface area contributed by atoms with Crippen LogP contribution in [-0.4, -0.2) is 0 Å². The smallest absolute Gasteiger partial charge is 0.0503 e. The lowest BCUT2D eigenvalue weighted by atomic mass is 9.72. The average molecular weight is 605 g/mol. The quantitative estimate of drug-likeness (QED) is 0.186. The molecule has 2 heteroatoms. The first-order valence-electron chi connectivity index (χ1n) is 16.3. The monoisotopic (exact) mass is 604 g/mol. The lowest BCUT2D eigenvalue weighted by molar-refractivity contribution is 0.632. The van der Waals surface area contributed by atoms with E-state index in [9.17, 15) is 0 Å². The van der Waals surface area contributed by atoms with Gasteiger partial charge in [-0.05, 0) is 106 Å². The zero-order chi connectivity index (χ0) is 31.8. The normalized spacial score (nSPS) is 13.0. The van der Waals surface area contributed by atoms with Crippen molar-refractivity contribution in [2.45, 2.75) is 19.3 Å². The Hall–Kier alpha value is -5.86. The van der Waals surface area contributed by atoms with E-state index in [2.05, 4.69) is 206 Å². The Morgan fingerprint density at radius 1 is 0.383 bits per heavy atom. The minimum atomic E-state index is -0.214. The minimum Gasteiger partial charge on any atom is -0.311 e. The molecule has 2 nitrogen and oxygen atoms in total. The largest absolute Gasteiger partial charge is 0.311 e. The summed E-state index contributed by atoms with van der Waals surface area (Å²) in [6.07, 6.45) is 0. The zero-order valence-corrected chi connectivity index (χ0v) is 26.7. The molecule has 0 aliphatic carbocycles. The maximum Gasteiger partial charge on any atom is 0.0503 e. The summed E-state index contributed by atoms with van der Waals surface area (Å²) < 4.78 is 0. The van der Waals surface area contributed by atoms with Gasteiger partial charge in [0, 0.05) is 28.2 Å². The highest BCUT2D eigenvalue weighted by molar-refractivity contribution is 5.89. The van der Waals surface area contributed by atoms with Crippen molar-refractivity contribution >= 4 is 34.1 Å². The minimum absolute atomic E-state index is 0.214. The molecule has 226 valence electrons. The van der Waals surface area contributed by atoms with E-state index < -0.39 is 0 Å². The standard InChI is InChI=1S/C45H36N2/c1-45(2)41-31-35(33-15-7-3-8-16-33)25-29-43(41)47(39-21-13-6-14-22-39)44-30-26-36(32-42(44)45)34-23-27-40(28-24-34)46(37-17-9-4-10-18-37)38-19-11-5-12-20-38/h3-32H,1-2H3. The van der Waals surface area contributed by atoms with Crippen LogP contribution in [-0.2, 0) is 5.41 Å². The van der Waals surface area contributed by atoms with Crippen molar-refractivity contribution in [3.63, 3.8) is 0 Å². The van der Waals surface area contributed by atoms with E-state index in [0.717, 1.165) is 22.7 Å². The predicted molar refractivity (Wildman–Crippen MR) is 199 cm³/mol. The molecule has 0 aromatic heterocycles. The van der Waals surface area contributed by atoms with E-state index in [-0.39, 0.29) is 5.41 Å². The number of benzene rings is 7. The van der Waals surface area contributed by atoms with Crippen LogP contribution in [0.5, 0.6) is 0 Å². The third-order valence-corrected chi connectivity index (χ3v) is 9.43. The van der Waals surface area contributed by atoms with Crippen LogP contribution in [0.1, 0.15) is 25.0 Å². The molecule has 47 heavy (non-hydrogen) atoms. The molecule has 0 radical (unpaired) electrons. The molecule has 0 bridgehead atoms. The first-order valence-corrected chi connectivity index (χ1v) is 16.3. The van der Waals surface area contributed by atoms with Crippen molar-refractivity contribution in [3.8, 4) is 22.3 Å². The van der Waals surface area contributed by atoms with E-state index in [1.54, 1.807) is 0 Å². The fourth-order valence-corrected chi connectivity index (χ4v) is 6.99. The van der Waals surface area contributed by atoms with Gasteiger partial charge in [0.25, 0.3) is 0 Å². The van der Waals surface area contributed by atoms with Crippen LogP contribution in [0, 0.1) is 0 Å². The SMILES string of the molecule is CC1(C)c2cc(-c3ccccc3)ccc2N(c2ccccc2)c2ccc(-c3ccc(N(c4ccccc4)c4ccccc4)cc3)cc21. The topological polar surface area (TPSA) is 6.48 Å². The number of hydrogen-bond acceptors (Lipinski definition) is 2. The van der Waals surface area contributed by atoms with Crippen molar-refractivity contribution < 1.29 is 0 Å². The molecule has 0 saturated carbocycles. The Labute approximate surface area is 277 Å². The molecule has 0 N–H and O–H groups in total. The average Bonchev–Trinajstić information content (AvgIpc) is 3.14. The van der Waals surface area contributed by atoms with Crippen molar-refractivity contribution in [1.82, 2.24) is 0 Å². The van der Waals surface area contributed by atoms with E-state index in [4.69, 9.17) is 0 Å². The lowest BCUT2D eigenvalue weighted by Gasteiger charge is -2.42. The van der Waals surface area contributed by atoms with Gasteiger partial charge in [0.2, 0.25) is 0 Å². The summed E-state index contributed by atoms with van der Waals surface area (Å²) in [7, 11) is 0. The van der Waals surface area contributed by atoms with Gasteiger partial charge in [-0.3, -0.25) is 0 Å². The van der Waals surface area contributed by atoms with Gasteiger partial charge in [0.1, 0.15) is 0 Å². The molecule has 1 heterocycles. The highest BCUT2D eigenvalue weighted by Gasteiger charge is 2.37. The van der Waals surface area contributed by atoms with Gasteiger partial charge in [0.15, 0.2) is 0 Å². The van der Waals surface area contributed by atoms with Crippen LogP contribution >= 0.6 is 0 Å². The maximum absolute atomic E-state index is 2.43. The summed E-state index contributed by atoms with van der Waals surface area (Å²) in [6.45, 7) is 4.73. The summed E-state index contributed by atoms with van der Waals surface area (Å²) in [5, 5.41) is 0. The summed E-state index contributed by atoms with van der Waals surface area (Å²) >= 11 is 0. The van der Waals surface area contributed by atoms with Crippen LogP contribution in [0.3, 0.4) is 0 Å². The van der Waals surface area contributed by atoms with Gasteiger partial charge in [-0.2, -0.15) is 0 Å². The molecule has 0 fully saturated rings. The van der Waals surface area contributed by atoms with Crippen LogP contribution in [0.2, 0.25) is 0 Å². The number of anilines is 6. The summed E-state index contributed by atoms with van der Waals surface area (Å²) in [6, 6.07) is 65.5. The number of hydrogen-bond donors (Lipinski definition) is 0. The molecule has 0 unspecified atom stereocenters. The van der Waals surface area contributed by atoms with Crippen molar-refractivity contribution in [2.75, 3.05) is 9.80 Å².